The number of halogens is 1. The number of aliphatic imine (C=N–C) groups is 1. The summed E-state index contributed by atoms with van der Waals surface area (Å²) in [7, 11) is 0. The third kappa shape index (κ3) is 2.84. The van der Waals surface area contributed by atoms with Crippen LogP contribution in [0.4, 0.5) is 4.39 Å². The molecule has 84 valence electrons. The first-order chi connectivity index (χ1) is 8.27. The van der Waals surface area contributed by atoms with Gasteiger partial charge < -0.3 is 0 Å². The second-order valence-electron chi connectivity index (χ2n) is 3.45. The molecule has 0 saturated carbocycles. The van der Waals surface area contributed by atoms with Crippen molar-refractivity contribution in [1.82, 2.24) is 0 Å². The van der Waals surface area contributed by atoms with Gasteiger partial charge in [0, 0.05) is 17.3 Å². The Balaban J connectivity index is 2.17. The van der Waals surface area contributed by atoms with Gasteiger partial charge in [0.05, 0.1) is 0 Å². The topological polar surface area (TPSA) is 29.4 Å². The van der Waals surface area contributed by atoms with E-state index in [-0.39, 0.29) is 5.91 Å². The molecule has 2 aromatic carbocycles. The summed E-state index contributed by atoms with van der Waals surface area (Å²) in [5, 5.41) is 0. The Hall–Kier alpha value is -2.29. The second kappa shape index (κ2) is 5.16. The minimum Gasteiger partial charge on any atom is -0.267 e. The molecule has 1 amide bonds. The molecule has 0 radical (unpaired) electrons. The van der Waals surface area contributed by atoms with Crippen molar-refractivity contribution in [2.24, 2.45) is 4.99 Å². The van der Waals surface area contributed by atoms with E-state index in [1.807, 2.05) is 6.07 Å². The number of carbonyl (C=O) groups excluding carboxylic acids is 1. The molecule has 0 heterocycles. The highest BCUT2D eigenvalue weighted by Crippen LogP contribution is 2.05. The monoisotopic (exact) mass is 227 g/mol. The molecular formula is C14H10FNO. The van der Waals surface area contributed by atoms with Crippen LogP contribution >= 0.6 is 0 Å². The Labute approximate surface area is 98.4 Å². The lowest BCUT2D eigenvalue weighted by Gasteiger charge is -1.95. The Kier molecular flexibility index (Phi) is 3.40. The minimum atomic E-state index is -0.392. The summed E-state index contributed by atoms with van der Waals surface area (Å²) in [4.78, 5) is 15.3. The van der Waals surface area contributed by atoms with Crippen LogP contribution in [0.1, 0.15) is 15.9 Å². The van der Waals surface area contributed by atoms with E-state index in [0.717, 1.165) is 0 Å². The van der Waals surface area contributed by atoms with Crippen molar-refractivity contribution >= 4 is 12.1 Å². The highest BCUT2D eigenvalue weighted by molar-refractivity contribution is 6.01. The van der Waals surface area contributed by atoms with E-state index in [4.69, 9.17) is 0 Å². The van der Waals surface area contributed by atoms with Crippen LogP contribution in [0.3, 0.4) is 0 Å². The SMILES string of the molecule is O=C(N=Cc1ccccc1F)c1ccccc1. The number of nitrogens with zero attached hydrogens (tertiary/aromatic N) is 1. The maximum Gasteiger partial charge on any atom is 0.276 e. The molecule has 0 aliphatic rings. The summed E-state index contributed by atoms with van der Waals surface area (Å²) < 4.78 is 13.2. The van der Waals surface area contributed by atoms with Crippen molar-refractivity contribution in [3.8, 4) is 0 Å². The summed E-state index contributed by atoms with van der Waals surface area (Å²) >= 11 is 0. The average Bonchev–Trinajstić information content (AvgIpc) is 2.38. The van der Waals surface area contributed by atoms with E-state index in [1.165, 1.54) is 12.3 Å². The molecule has 0 aliphatic heterocycles. The molecule has 0 atom stereocenters. The Bertz CT molecular complexity index is 549. The maximum atomic E-state index is 13.2. The number of amides is 1. The average molecular weight is 227 g/mol. The van der Waals surface area contributed by atoms with Gasteiger partial charge >= 0.3 is 0 Å². The predicted molar refractivity (Wildman–Crippen MR) is 64.8 cm³/mol. The predicted octanol–water partition coefficient (Wildman–Crippen LogP) is 3.09. The first-order valence-electron chi connectivity index (χ1n) is 5.15. The van der Waals surface area contributed by atoms with Crippen molar-refractivity contribution in [2.75, 3.05) is 0 Å². The first kappa shape index (κ1) is 11.2. The van der Waals surface area contributed by atoms with E-state index < -0.39 is 5.82 Å². The Morgan fingerprint density at radius 2 is 1.65 bits per heavy atom. The number of rotatable bonds is 2. The third-order valence-corrected chi connectivity index (χ3v) is 2.25. The molecule has 0 aliphatic carbocycles. The molecule has 0 fully saturated rings. The molecule has 2 aromatic rings. The van der Waals surface area contributed by atoms with Crippen molar-refractivity contribution in [2.45, 2.75) is 0 Å². The van der Waals surface area contributed by atoms with Gasteiger partial charge in [-0.15, -0.1) is 0 Å². The van der Waals surface area contributed by atoms with Gasteiger partial charge in [0.15, 0.2) is 0 Å². The quantitative estimate of drug-likeness (QED) is 0.725. The standard InChI is InChI=1S/C14H10FNO/c15-13-9-5-4-8-12(13)10-16-14(17)11-6-2-1-3-7-11/h1-10H. The first-order valence-corrected chi connectivity index (χ1v) is 5.15. The highest BCUT2D eigenvalue weighted by Gasteiger charge is 2.02. The van der Waals surface area contributed by atoms with Crippen LogP contribution in [0.15, 0.2) is 59.6 Å². The molecule has 17 heavy (non-hydrogen) atoms. The van der Waals surface area contributed by atoms with Crippen LogP contribution in [0.5, 0.6) is 0 Å². The van der Waals surface area contributed by atoms with Crippen molar-refractivity contribution in [1.29, 1.82) is 0 Å². The summed E-state index contributed by atoms with van der Waals surface area (Å²) in [6.45, 7) is 0. The van der Waals surface area contributed by atoms with Crippen LogP contribution in [0, 0.1) is 5.82 Å². The second-order valence-corrected chi connectivity index (χ2v) is 3.45. The normalized spacial score (nSPS) is 10.6. The van der Waals surface area contributed by atoms with Crippen molar-refractivity contribution < 1.29 is 9.18 Å². The van der Waals surface area contributed by atoms with E-state index in [1.54, 1.807) is 42.5 Å². The van der Waals surface area contributed by atoms with E-state index in [9.17, 15) is 9.18 Å². The molecule has 0 bridgehead atoms. The lowest BCUT2D eigenvalue weighted by atomic mass is 10.2. The summed E-state index contributed by atoms with van der Waals surface area (Å²) in [5.74, 6) is -0.772. The van der Waals surface area contributed by atoms with Gasteiger partial charge in [-0.25, -0.2) is 9.38 Å². The molecule has 2 rings (SSSR count). The Morgan fingerprint density at radius 1 is 1.00 bits per heavy atom. The van der Waals surface area contributed by atoms with Crippen LogP contribution < -0.4 is 0 Å². The zero-order chi connectivity index (χ0) is 12.1. The molecule has 2 nitrogen and oxygen atoms in total. The summed E-state index contributed by atoms with van der Waals surface area (Å²) in [6.07, 6.45) is 1.24. The zero-order valence-corrected chi connectivity index (χ0v) is 9.01. The fourth-order valence-corrected chi connectivity index (χ4v) is 1.36. The van der Waals surface area contributed by atoms with Gasteiger partial charge in [0.2, 0.25) is 0 Å². The van der Waals surface area contributed by atoms with Crippen LogP contribution in [0.25, 0.3) is 0 Å². The van der Waals surface area contributed by atoms with Crippen LogP contribution in [-0.2, 0) is 0 Å². The molecular weight excluding hydrogens is 217 g/mol. The summed E-state index contributed by atoms with van der Waals surface area (Å²) in [6, 6.07) is 14.8. The molecule has 0 aromatic heterocycles. The molecule has 0 unspecified atom stereocenters. The maximum absolute atomic E-state index is 13.2. The molecule has 3 heteroatoms. The number of hydrogen-bond acceptors (Lipinski definition) is 1. The third-order valence-electron chi connectivity index (χ3n) is 2.25. The van der Waals surface area contributed by atoms with Gasteiger partial charge in [0.25, 0.3) is 5.91 Å². The van der Waals surface area contributed by atoms with Crippen molar-refractivity contribution in [3.05, 3.63) is 71.5 Å². The van der Waals surface area contributed by atoms with Crippen molar-refractivity contribution in [3.63, 3.8) is 0 Å². The van der Waals surface area contributed by atoms with Gasteiger partial charge in [-0.05, 0) is 18.2 Å². The van der Waals surface area contributed by atoms with Gasteiger partial charge in [-0.3, -0.25) is 4.79 Å². The lowest BCUT2D eigenvalue weighted by Crippen LogP contribution is -1.96. The fraction of sp³-hybridized carbons (Fsp3) is 0. The van der Waals surface area contributed by atoms with E-state index in [0.29, 0.717) is 11.1 Å². The van der Waals surface area contributed by atoms with E-state index in [2.05, 4.69) is 4.99 Å². The lowest BCUT2D eigenvalue weighted by molar-refractivity contribution is 0.100. The molecule has 0 saturated heterocycles. The largest absolute Gasteiger partial charge is 0.276 e. The Morgan fingerprint density at radius 3 is 2.35 bits per heavy atom. The van der Waals surface area contributed by atoms with Crippen LogP contribution in [0.2, 0.25) is 0 Å². The van der Waals surface area contributed by atoms with Gasteiger partial charge in [-0.2, -0.15) is 0 Å². The number of hydrogen-bond donors (Lipinski definition) is 0. The van der Waals surface area contributed by atoms with Crippen LogP contribution in [-0.4, -0.2) is 12.1 Å². The van der Waals surface area contributed by atoms with Gasteiger partial charge in [0.1, 0.15) is 5.82 Å². The molecule has 0 N–H and O–H groups in total. The number of benzene rings is 2. The smallest absolute Gasteiger partial charge is 0.267 e. The summed E-state index contributed by atoms with van der Waals surface area (Å²) in [5.41, 5.74) is 0.789. The number of carbonyl (C=O) groups is 1. The molecule has 0 spiro atoms. The minimum absolute atomic E-state index is 0.303. The zero-order valence-electron chi connectivity index (χ0n) is 9.01. The van der Waals surface area contributed by atoms with E-state index >= 15 is 0 Å². The highest BCUT2D eigenvalue weighted by atomic mass is 19.1. The fourth-order valence-electron chi connectivity index (χ4n) is 1.36. The van der Waals surface area contributed by atoms with Gasteiger partial charge in [-0.1, -0.05) is 36.4 Å².